The third kappa shape index (κ3) is 3.61. The molecule has 0 aliphatic carbocycles. The summed E-state index contributed by atoms with van der Waals surface area (Å²) in [7, 11) is 0. The van der Waals surface area contributed by atoms with Crippen molar-refractivity contribution in [3.63, 3.8) is 0 Å². The van der Waals surface area contributed by atoms with Gasteiger partial charge in [0.15, 0.2) is 0 Å². The first-order chi connectivity index (χ1) is 9.85. The Morgan fingerprint density at radius 2 is 1.71 bits per heavy atom. The van der Waals surface area contributed by atoms with Gasteiger partial charge in [-0.25, -0.2) is 4.39 Å². The quantitative estimate of drug-likeness (QED) is 0.753. The molecule has 0 aromatic heterocycles. The molecule has 2 nitrogen and oxygen atoms in total. The Labute approximate surface area is 137 Å². The zero-order valence-corrected chi connectivity index (χ0v) is 13.4. The van der Waals surface area contributed by atoms with E-state index in [1.807, 2.05) is 0 Å². The van der Waals surface area contributed by atoms with Crippen LogP contribution < -0.4 is 5.32 Å². The van der Waals surface area contributed by atoms with Crippen molar-refractivity contribution in [2.24, 2.45) is 0 Å². The molecule has 0 aliphatic rings. The monoisotopic (exact) mass is 347 g/mol. The highest BCUT2D eigenvalue weighted by Gasteiger charge is 2.29. The second-order valence-corrected chi connectivity index (χ2v) is 6.12. The summed E-state index contributed by atoms with van der Waals surface area (Å²) in [5.41, 5.74) is 0.182. The summed E-state index contributed by atoms with van der Waals surface area (Å²) in [6.07, 6.45) is 0. The van der Waals surface area contributed by atoms with Crippen LogP contribution in [0.25, 0.3) is 0 Å². The van der Waals surface area contributed by atoms with Gasteiger partial charge in [-0.3, -0.25) is 0 Å². The molecular formula is C15H13Cl3FNO. The van der Waals surface area contributed by atoms with Crippen LogP contribution in [0.3, 0.4) is 0 Å². The van der Waals surface area contributed by atoms with E-state index < -0.39 is 11.4 Å². The van der Waals surface area contributed by atoms with E-state index in [0.717, 1.165) is 5.69 Å². The second kappa shape index (κ2) is 6.41. The van der Waals surface area contributed by atoms with Crippen LogP contribution in [0.2, 0.25) is 15.1 Å². The summed E-state index contributed by atoms with van der Waals surface area (Å²) >= 11 is 17.7. The molecule has 2 N–H and O–H groups in total. The van der Waals surface area contributed by atoms with E-state index in [2.05, 4.69) is 5.32 Å². The lowest BCUT2D eigenvalue weighted by Gasteiger charge is -2.31. The van der Waals surface area contributed by atoms with Gasteiger partial charge in [-0.05, 0) is 43.3 Å². The Hall–Kier alpha value is -1.00. The number of anilines is 1. The summed E-state index contributed by atoms with van der Waals surface area (Å²) in [6.45, 7) is 1.44. The number of aliphatic hydroxyl groups excluding tert-OH is 1. The van der Waals surface area contributed by atoms with E-state index in [1.165, 1.54) is 12.1 Å². The molecule has 0 fully saturated rings. The Morgan fingerprint density at radius 3 is 2.29 bits per heavy atom. The number of hydrogen-bond acceptors (Lipinski definition) is 2. The van der Waals surface area contributed by atoms with Gasteiger partial charge in [-0.1, -0.05) is 34.8 Å². The zero-order chi connectivity index (χ0) is 15.6. The summed E-state index contributed by atoms with van der Waals surface area (Å²) < 4.78 is 13.7. The third-order valence-electron chi connectivity index (χ3n) is 3.19. The highest BCUT2D eigenvalue weighted by molar-refractivity contribution is 6.35. The first-order valence-corrected chi connectivity index (χ1v) is 7.29. The molecule has 2 rings (SSSR count). The highest BCUT2D eigenvalue weighted by Crippen LogP contribution is 2.34. The number of rotatable bonds is 4. The fourth-order valence-electron chi connectivity index (χ4n) is 1.99. The topological polar surface area (TPSA) is 32.3 Å². The van der Waals surface area contributed by atoms with Gasteiger partial charge in [0.05, 0.1) is 17.2 Å². The van der Waals surface area contributed by atoms with Crippen LogP contribution in [-0.4, -0.2) is 11.7 Å². The molecule has 6 heteroatoms. The molecule has 0 saturated heterocycles. The first-order valence-electron chi connectivity index (χ1n) is 6.15. The molecule has 1 unspecified atom stereocenters. The van der Waals surface area contributed by atoms with Gasteiger partial charge in [0.2, 0.25) is 0 Å². The maximum absolute atomic E-state index is 13.7. The van der Waals surface area contributed by atoms with Gasteiger partial charge < -0.3 is 10.4 Å². The van der Waals surface area contributed by atoms with Crippen molar-refractivity contribution >= 4 is 40.5 Å². The van der Waals surface area contributed by atoms with Crippen molar-refractivity contribution in [3.8, 4) is 0 Å². The Balaban J connectivity index is 2.41. The van der Waals surface area contributed by atoms with Gasteiger partial charge in [0.25, 0.3) is 0 Å². The number of halogens is 4. The summed E-state index contributed by atoms with van der Waals surface area (Å²) in [4.78, 5) is 0. The van der Waals surface area contributed by atoms with Gasteiger partial charge >= 0.3 is 0 Å². The maximum Gasteiger partial charge on any atom is 0.142 e. The lowest BCUT2D eigenvalue weighted by Crippen LogP contribution is -2.36. The van der Waals surface area contributed by atoms with Gasteiger partial charge in [-0.2, -0.15) is 0 Å². The zero-order valence-electron chi connectivity index (χ0n) is 11.1. The van der Waals surface area contributed by atoms with Gasteiger partial charge in [-0.15, -0.1) is 0 Å². The molecule has 0 bridgehead atoms. The third-order valence-corrected chi connectivity index (χ3v) is 4.04. The molecule has 1 atom stereocenters. The standard InChI is InChI=1S/C15H13Cl3FNO/c1-15(8-21,20-10-4-2-9(16)3-5-10)11-6-14(19)13(18)7-12(11)17/h2-7,20-21H,8H2,1H3. The lowest BCUT2D eigenvalue weighted by molar-refractivity contribution is 0.224. The molecule has 0 amide bonds. The predicted molar refractivity (Wildman–Crippen MR) is 85.9 cm³/mol. The minimum absolute atomic E-state index is 0.0597. The van der Waals surface area contributed by atoms with Gasteiger partial charge in [0, 0.05) is 21.3 Å². The summed E-state index contributed by atoms with van der Waals surface area (Å²) in [6, 6.07) is 9.50. The SMILES string of the molecule is CC(CO)(Nc1ccc(Cl)cc1)c1cc(F)c(Cl)cc1Cl. The van der Waals surface area contributed by atoms with Crippen molar-refractivity contribution in [3.05, 3.63) is 62.8 Å². The number of hydrogen-bond donors (Lipinski definition) is 2. The van der Waals surface area contributed by atoms with Crippen LogP contribution in [0.15, 0.2) is 36.4 Å². The molecule has 0 heterocycles. The molecular weight excluding hydrogens is 336 g/mol. The van der Waals surface area contributed by atoms with E-state index in [1.54, 1.807) is 31.2 Å². The van der Waals surface area contributed by atoms with Crippen molar-refractivity contribution in [1.82, 2.24) is 0 Å². The van der Waals surface area contributed by atoms with Crippen molar-refractivity contribution in [2.45, 2.75) is 12.5 Å². The number of aliphatic hydroxyl groups is 1. The van der Waals surface area contributed by atoms with E-state index in [-0.39, 0.29) is 16.7 Å². The van der Waals surface area contributed by atoms with Crippen LogP contribution in [0.5, 0.6) is 0 Å². The molecule has 2 aromatic carbocycles. The van der Waals surface area contributed by atoms with Crippen LogP contribution in [0.4, 0.5) is 10.1 Å². The average molecular weight is 349 g/mol. The summed E-state index contributed by atoms with van der Waals surface area (Å²) in [5, 5.41) is 13.7. The minimum Gasteiger partial charge on any atom is -0.394 e. The second-order valence-electron chi connectivity index (χ2n) is 4.87. The predicted octanol–water partition coefficient (Wildman–Crippen LogP) is 5.11. The fraction of sp³-hybridized carbons (Fsp3) is 0.200. The Morgan fingerprint density at radius 1 is 1.10 bits per heavy atom. The van der Waals surface area contributed by atoms with E-state index in [9.17, 15) is 9.50 Å². The van der Waals surface area contributed by atoms with Crippen molar-refractivity contribution < 1.29 is 9.50 Å². The molecule has 0 aliphatic heterocycles. The minimum atomic E-state index is -0.962. The molecule has 0 saturated carbocycles. The van der Waals surface area contributed by atoms with Crippen molar-refractivity contribution in [2.75, 3.05) is 11.9 Å². The fourth-order valence-corrected chi connectivity index (χ4v) is 2.71. The van der Waals surface area contributed by atoms with E-state index in [4.69, 9.17) is 34.8 Å². The highest BCUT2D eigenvalue weighted by atomic mass is 35.5. The number of nitrogens with one attached hydrogen (secondary N) is 1. The Kier molecular flexibility index (Phi) is 4.99. The van der Waals surface area contributed by atoms with E-state index >= 15 is 0 Å². The van der Waals surface area contributed by atoms with Crippen molar-refractivity contribution in [1.29, 1.82) is 0 Å². The summed E-state index contributed by atoms with van der Waals surface area (Å²) in [5.74, 6) is -0.589. The molecule has 2 aromatic rings. The number of benzene rings is 2. The van der Waals surface area contributed by atoms with Crippen LogP contribution in [0, 0.1) is 5.82 Å². The molecule has 21 heavy (non-hydrogen) atoms. The first kappa shape index (κ1) is 16.4. The van der Waals surface area contributed by atoms with Gasteiger partial charge in [0.1, 0.15) is 5.82 Å². The largest absolute Gasteiger partial charge is 0.394 e. The Bertz CT molecular complexity index is 648. The maximum atomic E-state index is 13.7. The molecule has 0 spiro atoms. The normalized spacial score (nSPS) is 13.8. The van der Waals surface area contributed by atoms with Crippen LogP contribution >= 0.6 is 34.8 Å². The smallest absolute Gasteiger partial charge is 0.142 e. The molecule has 112 valence electrons. The van der Waals surface area contributed by atoms with Crippen LogP contribution in [0.1, 0.15) is 12.5 Å². The van der Waals surface area contributed by atoms with E-state index in [0.29, 0.717) is 10.6 Å². The lowest BCUT2D eigenvalue weighted by atomic mass is 9.92. The average Bonchev–Trinajstić information content (AvgIpc) is 2.45. The molecule has 0 radical (unpaired) electrons. The van der Waals surface area contributed by atoms with Crippen LogP contribution in [-0.2, 0) is 5.54 Å².